The van der Waals surface area contributed by atoms with Crippen molar-refractivity contribution in [3.05, 3.63) is 58.7 Å². The van der Waals surface area contributed by atoms with E-state index in [1.165, 1.54) is 47.9 Å². The number of amides is 1. The zero-order valence-electron chi connectivity index (χ0n) is 24.7. The Hall–Kier alpha value is -2.62. The number of hydrogen-bond acceptors (Lipinski definition) is 3. The van der Waals surface area contributed by atoms with Crippen LogP contribution in [0, 0.1) is 25.7 Å². The molecule has 4 nitrogen and oxygen atoms in total. The average Bonchev–Trinajstić information content (AvgIpc) is 2.90. The fourth-order valence-corrected chi connectivity index (χ4v) is 4.89. The highest BCUT2D eigenvalue weighted by Gasteiger charge is 2.26. The second kappa shape index (κ2) is 17.8. The van der Waals surface area contributed by atoms with Crippen molar-refractivity contribution in [2.24, 2.45) is 11.8 Å². The Kier molecular flexibility index (Phi) is 15.6. The first-order chi connectivity index (χ1) is 17.7. The monoisotopic (exact) mass is 509 g/mol. The van der Waals surface area contributed by atoms with Crippen LogP contribution in [-0.4, -0.2) is 18.8 Å². The van der Waals surface area contributed by atoms with Gasteiger partial charge in [0.05, 0.1) is 7.11 Å². The number of aryl methyl sites for hydroxylation is 3. The molecule has 0 aliphatic heterocycles. The molecule has 2 aromatic carbocycles. The van der Waals surface area contributed by atoms with Crippen LogP contribution in [0.4, 0.5) is 5.69 Å². The minimum absolute atomic E-state index is 0.168. The Morgan fingerprint density at radius 3 is 1.95 bits per heavy atom. The number of ether oxygens (including phenoxy) is 1. The quantitative estimate of drug-likeness (QED) is 0.387. The molecule has 0 heterocycles. The maximum atomic E-state index is 12.4. The van der Waals surface area contributed by atoms with Gasteiger partial charge in [0.15, 0.2) is 0 Å². The van der Waals surface area contributed by atoms with E-state index in [4.69, 9.17) is 4.74 Å². The zero-order valence-corrected chi connectivity index (χ0v) is 24.7. The summed E-state index contributed by atoms with van der Waals surface area (Å²) in [5.74, 6) is 2.28. The predicted octanol–water partition coefficient (Wildman–Crippen LogP) is 8.65. The molecule has 1 aliphatic carbocycles. The number of hydrogen-bond donors (Lipinski definition) is 1. The van der Waals surface area contributed by atoms with Gasteiger partial charge in [-0.3, -0.25) is 4.79 Å². The summed E-state index contributed by atoms with van der Waals surface area (Å²) in [6.45, 7) is 14.3. The molecule has 0 bridgehead atoms. The van der Waals surface area contributed by atoms with Crippen molar-refractivity contribution < 1.29 is 14.3 Å². The highest BCUT2D eigenvalue weighted by molar-refractivity contribution is 5.92. The number of ketones is 1. The van der Waals surface area contributed by atoms with E-state index in [0.717, 1.165) is 43.0 Å². The Morgan fingerprint density at radius 1 is 0.919 bits per heavy atom. The highest BCUT2D eigenvalue weighted by atomic mass is 16.5. The van der Waals surface area contributed by atoms with Crippen molar-refractivity contribution in [2.45, 2.75) is 106 Å². The van der Waals surface area contributed by atoms with E-state index >= 15 is 0 Å². The van der Waals surface area contributed by atoms with Crippen molar-refractivity contribution >= 4 is 17.4 Å². The van der Waals surface area contributed by atoms with Crippen LogP contribution in [0.25, 0.3) is 0 Å². The summed E-state index contributed by atoms with van der Waals surface area (Å²) in [7, 11) is 1.68. The van der Waals surface area contributed by atoms with E-state index in [1.807, 2.05) is 25.1 Å². The summed E-state index contributed by atoms with van der Waals surface area (Å²) in [6.07, 6.45) is 9.77. The summed E-state index contributed by atoms with van der Waals surface area (Å²) in [4.78, 5) is 22.2. The molecule has 1 saturated carbocycles. The van der Waals surface area contributed by atoms with Crippen LogP contribution in [0.3, 0.4) is 0 Å². The van der Waals surface area contributed by atoms with Gasteiger partial charge in [-0.15, -0.1) is 0 Å². The summed E-state index contributed by atoms with van der Waals surface area (Å²) in [5, 5.41) is 3.07. The Labute approximate surface area is 226 Å². The van der Waals surface area contributed by atoms with Crippen LogP contribution in [0.5, 0.6) is 5.75 Å². The minimum Gasteiger partial charge on any atom is -0.496 e. The molecule has 0 atom stereocenters. The Balaban J connectivity index is 0.000000375. The lowest BCUT2D eigenvalue weighted by molar-refractivity contribution is -0.121. The molecule has 0 spiro atoms. The number of carbonyl (C=O) groups excluding carboxylic acids is 2. The molecule has 4 heteroatoms. The van der Waals surface area contributed by atoms with Gasteiger partial charge in [-0.2, -0.15) is 0 Å². The summed E-state index contributed by atoms with van der Waals surface area (Å²) < 4.78 is 5.39. The first kappa shape index (κ1) is 32.4. The van der Waals surface area contributed by atoms with Crippen LogP contribution in [0.2, 0.25) is 0 Å². The molecule has 0 radical (unpaired) electrons. The van der Waals surface area contributed by atoms with E-state index in [1.54, 1.807) is 14.0 Å². The fraction of sp³-hybridized carbons (Fsp3) is 0.576. The number of benzene rings is 2. The van der Waals surface area contributed by atoms with E-state index < -0.39 is 0 Å². The Bertz CT molecular complexity index is 938. The lowest BCUT2D eigenvalue weighted by atomic mass is 9.80. The Morgan fingerprint density at radius 2 is 1.51 bits per heavy atom. The molecule has 206 valence electrons. The van der Waals surface area contributed by atoms with Crippen molar-refractivity contribution in [3.8, 4) is 5.75 Å². The molecule has 0 unspecified atom stereocenters. The number of carbonyl (C=O) groups is 2. The van der Waals surface area contributed by atoms with Gasteiger partial charge < -0.3 is 14.8 Å². The first-order valence-electron chi connectivity index (χ1n) is 14.2. The van der Waals surface area contributed by atoms with Crippen molar-refractivity contribution in [3.63, 3.8) is 0 Å². The standard InChI is InChI=1S/C19H29NO2.C10H14.C4H8O/c1-4-6-14-7-9-16(10-8-14)19(21)20-17-12-11-15(5-2)18(13-17)22-3;1-4-10-8(2)6-5-7-9(10)3;1-3-4(2)5/h11-14,16H,4-10H2,1-3H3,(H,20,21);5-7H,4H2,1-3H3;3H2,1-2H3. The van der Waals surface area contributed by atoms with Gasteiger partial charge in [0.1, 0.15) is 11.5 Å². The fourth-order valence-electron chi connectivity index (χ4n) is 4.89. The molecule has 1 fully saturated rings. The van der Waals surface area contributed by atoms with Gasteiger partial charge in [0.2, 0.25) is 5.91 Å². The van der Waals surface area contributed by atoms with Gasteiger partial charge in [0, 0.05) is 24.1 Å². The summed E-state index contributed by atoms with van der Waals surface area (Å²) in [6, 6.07) is 12.4. The molecular weight excluding hydrogens is 458 g/mol. The molecular formula is C33H51NO3. The third kappa shape index (κ3) is 11.5. The SMILES string of the molecule is CCC(C)=O.CCCC1CCC(C(=O)Nc2ccc(CC)c(OC)c2)CC1.CCc1c(C)cccc1C. The topological polar surface area (TPSA) is 55.4 Å². The van der Waals surface area contributed by atoms with Gasteiger partial charge >= 0.3 is 0 Å². The number of Topliss-reactive ketones (excluding diaryl/α,β-unsaturated/α-hetero) is 1. The smallest absolute Gasteiger partial charge is 0.227 e. The van der Waals surface area contributed by atoms with E-state index in [9.17, 15) is 9.59 Å². The lowest BCUT2D eigenvalue weighted by Crippen LogP contribution is -2.27. The number of rotatable bonds is 8. The zero-order chi connectivity index (χ0) is 27.8. The average molecular weight is 510 g/mol. The third-order valence-electron chi connectivity index (χ3n) is 7.35. The van der Waals surface area contributed by atoms with Gasteiger partial charge in [-0.25, -0.2) is 0 Å². The van der Waals surface area contributed by atoms with Gasteiger partial charge in [-0.1, -0.05) is 64.8 Å². The normalized spacial score (nSPS) is 16.4. The molecule has 1 amide bonds. The van der Waals surface area contributed by atoms with Gasteiger partial charge in [0.25, 0.3) is 0 Å². The summed E-state index contributed by atoms with van der Waals surface area (Å²) in [5.41, 5.74) is 6.35. The molecule has 1 aliphatic rings. The first-order valence-corrected chi connectivity index (χ1v) is 14.2. The van der Waals surface area contributed by atoms with Crippen molar-refractivity contribution in [1.82, 2.24) is 0 Å². The van der Waals surface area contributed by atoms with Crippen molar-refractivity contribution in [2.75, 3.05) is 12.4 Å². The molecule has 37 heavy (non-hydrogen) atoms. The number of anilines is 1. The van der Waals surface area contributed by atoms with Crippen LogP contribution in [-0.2, 0) is 22.4 Å². The lowest BCUT2D eigenvalue weighted by Gasteiger charge is -2.27. The van der Waals surface area contributed by atoms with Crippen LogP contribution in [0.1, 0.15) is 102 Å². The molecule has 2 aromatic rings. The van der Waals surface area contributed by atoms with Crippen LogP contribution >= 0.6 is 0 Å². The molecule has 1 N–H and O–H groups in total. The van der Waals surface area contributed by atoms with Gasteiger partial charge in [-0.05, 0) is 93.5 Å². The second-order valence-electron chi connectivity index (χ2n) is 10.2. The predicted molar refractivity (Wildman–Crippen MR) is 158 cm³/mol. The van der Waals surface area contributed by atoms with Crippen molar-refractivity contribution in [1.29, 1.82) is 0 Å². The largest absolute Gasteiger partial charge is 0.496 e. The van der Waals surface area contributed by atoms with E-state index in [0.29, 0.717) is 6.42 Å². The van der Waals surface area contributed by atoms with E-state index in [2.05, 4.69) is 58.1 Å². The van der Waals surface area contributed by atoms with E-state index in [-0.39, 0.29) is 17.6 Å². The maximum Gasteiger partial charge on any atom is 0.227 e. The molecule has 3 rings (SSSR count). The van der Waals surface area contributed by atoms with Crippen LogP contribution in [0.15, 0.2) is 36.4 Å². The highest BCUT2D eigenvalue weighted by Crippen LogP contribution is 2.32. The maximum absolute atomic E-state index is 12.4. The second-order valence-corrected chi connectivity index (χ2v) is 10.2. The molecule has 0 aromatic heterocycles. The minimum atomic E-state index is 0.168. The summed E-state index contributed by atoms with van der Waals surface area (Å²) >= 11 is 0. The molecule has 0 saturated heterocycles. The number of nitrogens with one attached hydrogen (secondary N) is 1. The third-order valence-corrected chi connectivity index (χ3v) is 7.35. The van der Waals surface area contributed by atoms with Crippen LogP contribution < -0.4 is 10.1 Å². The number of methoxy groups -OCH3 is 1.